The Kier molecular flexibility index (Phi) is 4.92. The SMILES string of the molecule is COc1nc(Nc2cccc(OC(C)C)c2)ncc1C(F)(F)F. The molecule has 0 aliphatic rings. The van der Waals surface area contributed by atoms with Crippen LogP contribution in [0.2, 0.25) is 0 Å². The van der Waals surface area contributed by atoms with Crippen LogP contribution in [0.25, 0.3) is 0 Å². The van der Waals surface area contributed by atoms with Crippen LogP contribution in [-0.2, 0) is 6.18 Å². The third kappa shape index (κ3) is 4.48. The largest absolute Gasteiger partial charge is 0.491 e. The van der Waals surface area contributed by atoms with Gasteiger partial charge in [0.05, 0.1) is 13.2 Å². The lowest BCUT2D eigenvalue weighted by Gasteiger charge is -2.13. The van der Waals surface area contributed by atoms with Gasteiger partial charge in [0.15, 0.2) is 0 Å². The van der Waals surface area contributed by atoms with Crippen molar-refractivity contribution in [2.75, 3.05) is 12.4 Å². The molecule has 0 aliphatic carbocycles. The number of hydrogen-bond acceptors (Lipinski definition) is 5. The maximum Gasteiger partial charge on any atom is 0.423 e. The summed E-state index contributed by atoms with van der Waals surface area (Å²) in [6.07, 6.45) is -3.88. The normalized spacial score (nSPS) is 11.4. The molecule has 5 nitrogen and oxygen atoms in total. The molecule has 1 N–H and O–H groups in total. The van der Waals surface area contributed by atoms with Crippen LogP contribution in [0.1, 0.15) is 19.4 Å². The van der Waals surface area contributed by atoms with Gasteiger partial charge in [-0.1, -0.05) is 6.07 Å². The van der Waals surface area contributed by atoms with Gasteiger partial charge >= 0.3 is 6.18 Å². The Morgan fingerprint density at radius 3 is 2.57 bits per heavy atom. The molecular formula is C15H16F3N3O2. The fraction of sp³-hybridized carbons (Fsp3) is 0.333. The number of hydrogen-bond donors (Lipinski definition) is 1. The van der Waals surface area contributed by atoms with Gasteiger partial charge in [-0.25, -0.2) is 4.98 Å². The number of ether oxygens (including phenoxy) is 2. The van der Waals surface area contributed by atoms with E-state index in [4.69, 9.17) is 9.47 Å². The molecule has 0 radical (unpaired) electrons. The second-order valence-electron chi connectivity index (χ2n) is 4.93. The number of aromatic nitrogens is 2. The summed E-state index contributed by atoms with van der Waals surface area (Å²) in [5.74, 6) is 0.0880. The number of anilines is 2. The van der Waals surface area contributed by atoms with Gasteiger partial charge in [-0.3, -0.25) is 0 Å². The molecule has 0 atom stereocenters. The maximum atomic E-state index is 12.8. The molecular weight excluding hydrogens is 311 g/mol. The number of alkyl halides is 3. The van der Waals surface area contributed by atoms with Crippen molar-refractivity contribution in [2.24, 2.45) is 0 Å². The highest BCUT2D eigenvalue weighted by Crippen LogP contribution is 2.35. The van der Waals surface area contributed by atoms with Crippen molar-refractivity contribution in [3.63, 3.8) is 0 Å². The average Bonchev–Trinajstić information content (AvgIpc) is 2.45. The molecule has 0 saturated carbocycles. The van der Waals surface area contributed by atoms with E-state index in [1.807, 2.05) is 13.8 Å². The molecule has 0 fully saturated rings. The highest BCUT2D eigenvalue weighted by atomic mass is 19.4. The van der Waals surface area contributed by atoms with E-state index in [9.17, 15) is 13.2 Å². The van der Waals surface area contributed by atoms with E-state index in [0.29, 0.717) is 17.6 Å². The van der Waals surface area contributed by atoms with Gasteiger partial charge in [0.1, 0.15) is 11.3 Å². The minimum absolute atomic E-state index is 0.00320. The zero-order valence-electron chi connectivity index (χ0n) is 12.8. The van der Waals surface area contributed by atoms with E-state index in [2.05, 4.69) is 15.3 Å². The van der Waals surface area contributed by atoms with Gasteiger partial charge in [0, 0.05) is 18.0 Å². The third-order valence-electron chi connectivity index (χ3n) is 2.71. The molecule has 0 unspecified atom stereocenters. The van der Waals surface area contributed by atoms with Gasteiger partial charge < -0.3 is 14.8 Å². The predicted molar refractivity (Wildman–Crippen MR) is 79.1 cm³/mol. The molecule has 0 bridgehead atoms. The quantitative estimate of drug-likeness (QED) is 0.898. The van der Waals surface area contributed by atoms with E-state index in [-0.39, 0.29) is 12.1 Å². The fourth-order valence-corrected chi connectivity index (χ4v) is 1.82. The predicted octanol–water partition coefficient (Wildman–Crippen LogP) is 4.03. The Balaban J connectivity index is 2.24. The summed E-state index contributed by atoms with van der Waals surface area (Å²) in [6.45, 7) is 3.79. The number of methoxy groups -OCH3 is 1. The summed E-state index contributed by atoms with van der Waals surface area (Å²) in [7, 11) is 1.12. The van der Waals surface area contributed by atoms with Crippen LogP contribution >= 0.6 is 0 Å². The molecule has 8 heteroatoms. The molecule has 23 heavy (non-hydrogen) atoms. The Hall–Kier alpha value is -2.51. The van der Waals surface area contributed by atoms with Crippen molar-refractivity contribution in [1.29, 1.82) is 0 Å². The fourth-order valence-electron chi connectivity index (χ4n) is 1.82. The van der Waals surface area contributed by atoms with Crippen molar-refractivity contribution in [1.82, 2.24) is 9.97 Å². The first-order chi connectivity index (χ1) is 10.8. The van der Waals surface area contributed by atoms with E-state index >= 15 is 0 Å². The summed E-state index contributed by atoms with van der Waals surface area (Å²) in [5, 5.41) is 2.82. The Morgan fingerprint density at radius 1 is 1.22 bits per heavy atom. The first-order valence-corrected chi connectivity index (χ1v) is 6.81. The lowest BCUT2D eigenvalue weighted by atomic mass is 10.3. The summed E-state index contributed by atoms with van der Waals surface area (Å²) in [6, 6.07) is 6.95. The van der Waals surface area contributed by atoms with Crippen LogP contribution < -0.4 is 14.8 Å². The molecule has 2 aromatic rings. The lowest BCUT2D eigenvalue weighted by molar-refractivity contribution is -0.139. The minimum Gasteiger partial charge on any atom is -0.491 e. The Bertz CT molecular complexity index is 675. The van der Waals surface area contributed by atoms with Crippen LogP contribution in [0.5, 0.6) is 11.6 Å². The van der Waals surface area contributed by atoms with Gasteiger partial charge in [0.2, 0.25) is 11.8 Å². The average molecular weight is 327 g/mol. The highest BCUT2D eigenvalue weighted by Gasteiger charge is 2.36. The van der Waals surface area contributed by atoms with Crippen LogP contribution in [0, 0.1) is 0 Å². The molecule has 0 spiro atoms. The number of nitrogens with one attached hydrogen (secondary N) is 1. The van der Waals surface area contributed by atoms with Crippen molar-refractivity contribution < 1.29 is 22.6 Å². The smallest absolute Gasteiger partial charge is 0.423 e. The summed E-state index contributed by atoms with van der Waals surface area (Å²) >= 11 is 0. The molecule has 1 aromatic heterocycles. The van der Waals surface area contributed by atoms with Crippen molar-refractivity contribution in [2.45, 2.75) is 26.1 Å². The Morgan fingerprint density at radius 2 is 1.96 bits per heavy atom. The molecule has 1 heterocycles. The molecule has 0 amide bonds. The van der Waals surface area contributed by atoms with Crippen LogP contribution in [0.15, 0.2) is 30.5 Å². The van der Waals surface area contributed by atoms with Gasteiger partial charge in [-0.05, 0) is 26.0 Å². The summed E-state index contributed by atoms with van der Waals surface area (Å²) in [5.41, 5.74) is -0.438. The first-order valence-electron chi connectivity index (χ1n) is 6.81. The molecule has 124 valence electrons. The zero-order valence-corrected chi connectivity index (χ0v) is 12.8. The monoisotopic (exact) mass is 327 g/mol. The third-order valence-corrected chi connectivity index (χ3v) is 2.71. The molecule has 0 aliphatic heterocycles. The Labute approximate surface area is 131 Å². The number of benzene rings is 1. The molecule has 0 saturated heterocycles. The van der Waals surface area contributed by atoms with Gasteiger partial charge in [-0.15, -0.1) is 0 Å². The number of nitrogens with zero attached hydrogens (tertiary/aromatic N) is 2. The molecule has 1 aromatic carbocycles. The van der Waals surface area contributed by atoms with Crippen molar-refractivity contribution in [3.8, 4) is 11.6 Å². The molecule has 2 rings (SSSR count). The highest BCUT2D eigenvalue weighted by molar-refractivity contribution is 5.56. The van der Waals surface area contributed by atoms with Gasteiger partial charge in [0.25, 0.3) is 0 Å². The van der Waals surface area contributed by atoms with E-state index in [0.717, 1.165) is 7.11 Å². The van der Waals surface area contributed by atoms with Crippen molar-refractivity contribution in [3.05, 3.63) is 36.0 Å². The lowest BCUT2D eigenvalue weighted by Crippen LogP contribution is -2.11. The topological polar surface area (TPSA) is 56.3 Å². The van der Waals surface area contributed by atoms with E-state index in [1.54, 1.807) is 24.3 Å². The van der Waals surface area contributed by atoms with Gasteiger partial charge in [-0.2, -0.15) is 18.2 Å². The van der Waals surface area contributed by atoms with E-state index < -0.39 is 17.6 Å². The number of rotatable bonds is 5. The van der Waals surface area contributed by atoms with Crippen LogP contribution in [0.3, 0.4) is 0 Å². The standard InChI is InChI=1S/C15H16F3N3O2/c1-9(2)23-11-6-4-5-10(7-11)20-14-19-8-12(15(16,17)18)13(21-14)22-3/h4-9H,1-3H3,(H,19,20,21). The van der Waals surface area contributed by atoms with Crippen molar-refractivity contribution >= 4 is 11.6 Å². The zero-order chi connectivity index (χ0) is 17.0. The van der Waals surface area contributed by atoms with E-state index in [1.165, 1.54) is 0 Å². The number of halogens is 3. The minimum atomic E-state index is -4.57. The first kappa shape index (κ1) is 16.9. The maximum absolute atomic E-state index is 12.8. The second-order valence-corrected chi connectivity index (χ2v) is 4.93. The van der Waals surface area contributed by atoms with Crippen LogP contribution in [0.4, 0.5) is 24.8 Å². The summed E-state index contributed by atoms with van der Waals surface area (Å²) in [4.78, 5) is 7.41. The summed E-state index contributed by atoms with van der Waals surface area (Å²) < 4.78 is 48.6. The van der Waals surface area contributed by atoms with Crippen LogP contribution in [-0.4, -0.2) is 23.2 Å². The second kappa shape index (κ2) is 6.72.